The summed E-state index contributed by atoms with van der Waals surface area (Å²) in [7, 11) is 1.44. The van der Waals surface area contributed by atoms with Gasteiger partial charge in [-0.15, -0.1) is 0 Å². The highest BCUT2D eigenvalue weighted by atomic mass is 32.1. The molecule has 0 unspecified atom stereocenters. The lowest BCUT2D eigenvalue weighted by molar-refractivity contribution is -0.136. The largest absolute Gasteiger partial charge is 0.466 e. The number of methoxy groups -OCH3 is 1. The highest BCUT2D eigenvalue weighted by Gasteiger charge is 2.28. The van der Waals surface area contributed by atoms with Gasteiger partial charge in [-0.25, -0.2) is 4.79 Å². The van der Waals surface area contributed by atoms with Crippen molar-refractivity contribution in [3.8, 4) is 0 Å². The van der Waals surface area contributed by atoms with E-state index in [-0.39, 0.29) is 5.97 Å². The first-order valence-electron chi connectivity index (χ1n) is 6.77. The van der Waals surface area contributed by atoms with Gasteiger partial charge in [-0.05, 0) is 41.7 Å². The van der Waals surface area contributed by atoms with Crippen molar-refractivity contribution >= 4 is 17.3 Å². The molecule has 1 aromatic heterocycles. The van der Waals surface area contributed by atoms with E-state index < -0.39 is 0 Å². The van der Waals surface area contributed by atoms with Crippen molar-refractivity contribution in [3.05, 3.63) is 34.0 Å². The second-order valence-corrected chi connectivity index (χ2v) is 5.65. The summed E-state index contributed by atoms with van der Waals surface area (Å²) < 4.78 is 4.79. The molecule has 0 atom stereocenters. The molecule has 0 aromatic carbocycles. The molecule has 19 heavy (non-hydrogen) atoms. The Labute approximate surface area is 118 Å². The number of esters is 1. The average molecular weight is 279 g/mol. The minimum absolute atomic E-state index is 0.200. The van der Waals surface area contributed by atoms with Gasteiger partial charge in [-0.1, -0.05) is 13.0 Å². The van der Waals surface area contributed by atoms with E-state index >= 15 is 0 Å². The Morgan fingerprint density at radius 3 is 2.89 bits per heavy atom. The number of hydrogen-bond donors (Lipinski definition) is 0. The number of thiophene rings is 1. The summed E-state index contributed by atoms with van der Waals surface area (Å²) in [5.41, 5.74) is 2.14. The Morgan fingerprint density at radius 1 is 1.58 bits per heavy atom. The summed E-state index contributed by atoms with van der Waals surface area (Å²) in [6, 6.07) is 2.86. The van der Waals surface area contributed by atoms with E-state index in [1.54, 1.807) is 11.3 Å². The molecule has 4 heteroatoms. The zero-order valence-corrected chi connectivity index (χ0v) is 12.4. The molecule has 104 valence electrons. The number of nitrogens with zero attached hydrogens (tertiary/aromatic N) is 1. The van der Waals surface area contributed by atoms with Crippen LogP contribution in [0.5, 0.6) is 0 Å². The summed E-state index contributed by atoms with van der Waals surface area (Å²) in [6.45, 7) is 3.80. The molecule has 1 fully saturated rings. The van der Waals surface area contributed by atoms with Crippen molar-refractivity contribution in [2.24, 2.45) is 0 Å². The molecule has 1 aliphatic carbocycles. The van der Waals surface area contributed by atoms with E-state index in [9.17, 15) is 4.79 Å². The molecule has 3 nitrogen and oxygen atoms in total. The van der Waals surface area contributed by atoms with Crippen LogP contribution in [0, 0.1) is 0 Å². The second-order valence-electron chi connectivity index (χ2n) is 4.87. The van der Waals surface area contributed by atoms with Crippen molar-refractivity contribution in [1.82, 2.24) is 4.90 Å². The van der Waals surface area contributed by atoms with Gasteiger partial charge < -0.3 is 4.74 Å². The van der Waals surface area contributed by atoms with Gasteiger partial charge in [0.25, 0.3) is 0 Å². The van der Waals surface area contributed by atoms with Gasteiger partial charge in [0.2, 0.25) is 0 Å². The third kappa shape index (κ3) is 4.18. The summed E-state index contributed by atoms with van der Waals surface area (Å²) >= 11 is 1.73. The van der Waals surface area contributed by atoms with E-state index in [1.807, 2.05) is 13.0 Å². The smallest absolute Gasteiger partial charge is 0.333 e. The van der Waals surface area contributed by atoms with E-state index in [1.165, 1.54) is 25.5 Å². The Morgan fingerprint density at radius 2 is 2.37 bits per heavy atom. The fraction of sp³-hybridized carbons (Fsp3) is 0.533. The first-order chi connectivity index (χ1) is 9.24. The Hall–Kier alpha value is -1.13. The molecule has 2 rings (SSSR count). The standard InChI is InChI=1S/C15H21NO2S/c1-3-13(15(17)18-2)6-8-16(14-4-5-14)10-12-7-9-19-11-12/h6-7,9,11,14H,3-5,8,10H2,1-2H3. The van der Waals surface area contributed by atoms with Crippen LogP contribution in [-0.2, 0) is 16.1 Å². The zero-order valence-electron chi connectivity index (χ0n) is 11.6. The molecule has 1 saturated carbocycles. The van der Waals surface area contributed by atoms with Gasteiger partial charge >= 0.3 is 5.97 Å². The molecule has 1 aromatic rings. The van der Waals surface area contributed by atoms with Crippen LogP contribution in [0.4, 0.5) is 0 Å². The van der Waals surface area contributed by atoms with Crippen LogP contribution >= 0.6 is 11.3 Å². The molecule has 0 radical (unpaired) electrons. The quantitative estimate of drug-likeness (QED) is 0.567. The fourth-order valence-corrected chi connectivity index (χ4v) is 2.79. The topological polar surface area (TPSA) is 29.5 Å². The van der Waals surface area contributed by atoms with Gasteiger partial charge in [0.15, 0.2) is 0 Å². The van der Waals surface area contributed by atoms with E-state index in [2.05, 4.69) is 21.7 Å². The minimum Gasteiger partial charge on any atom is -0.466 e. The molecule has 0 N–H and O–H groups in total. The van der Waals surface area contributed by atoms with Crippen LogP contribution in [0.25, 0.3) is 0 Å². The second kappa shape index (κ2) is 6.87. The number of ether oxygens (including phenoxy) is 1. The normalized spacial score (nSPS) is 15.8. The van der Waals surface area contributed by atoms with Crippen molar-refractivity contribution in [2.45, 2.75) is 38.8 Å². The molecule has 0 amide bonds. The lowest BCUT2D eigenvalue weighted by Crippen LogP contribution is -2.26. The first kappa shape index (κ1) is 14.3. The van der Waals surface area contributed by atoms with E-state index in [0.717, 1.165) is 25.1 Å². The predicted molar refractivity (Wildman–Crippen MR) is 78.1 cm³/mol. The predicted octanol–water partition coefficient (Wildman–Crippen LogP) is 3.22. The maximum atomic E-state index is 11.6. The molecule has 0 saturated heterocycles. The molecule has 0 aliphatic heterocycles. The van der Waals surface area contributed by atoms with Gasteiger partial charge in [0, 0.05) is 24.7 Å². The summed E-state index contributed by atoms with van der Waals surface area (Å²) in [4.78, 5) is 14.0. The number of hydrogen-bond acceptors (Lipinski definition) is 4. The Balaban J connectivity index is 1.96. The zero-order chi connectivity index (χ0) is 13.7. The van der Waals surface area contributed by atoms with Crippen LogP contribution in [-0.4, -0.2) is 30.6 Å². The number of carbonyl (C=O) groups excluding carboxylic acids is 1. The van der Waals surface area contributed by atoms with Crippen LogP contribution in [0.3, 0.4) is 0 Å². The Kier molecular flexibility index (Phi) is 5.16. The third-order valence-corrected chi connectivity index (χ3v) is 4.16. The molecule has 1 aliphatic rings. The van der Waals surface area contributed by atoms with Crippen molar-refractivity contribution in [1.29, 1.82) is 0 Å². The Bertz CT molecular complexity index is 435. The molecular formula is C15H21NO2S. The number of rotatable bonds is 7. The van der Waals surface area contributed by atoms with Crippen LogP contribution in [0.1, 0.15) is 31.7 Å². The van der Waals surface area contributed by atoms with Gasteiger partial charge in [0.05, 0.1) is 7.11 Å². The van der Waals surface area contributed by atoms with Gasteiger partial charge in [-0.2, -0.15) is 11.3 Å². The van der Waals surface area contributed by atoms with E-state index in [0.29, 0.717) is 6.04 Å². The lowest BCUT2D eigenvalue weighted by atomic mass is 10.2. The molecular weight excluding hydrogens is 258 g/mol. The lowest BCUT2D eigenvalue weighted by Gasteiger charge is -2.20. The summed E-state index contributed by atoms with van der Waals surface area (Å²) in [6.07, 6.45) is 5.30. The third-order valence-electron chi connectivity index (χ3n) is 3.43. The van der Waals surface area contributed by atoms with Gasteiger partial charge in [-0.3, -0.25) is 4.90 Å². The SMILES string of the molecule is CCC(=CCN(Cc1ccsc1)C1CC1)C(=O)OC. The maximum absolute atomic E-state index is 11.6. The average Bonchev–Trinajstić information content (AvgIpc) is 3.15. The summed E-state index contributed by atoms with van der Waals surface area (Å²) in [5, 5.41) is 4.31. The molecule has 0 bridgehead atoms. The summed E-state index contributed by atoms with van der Waals surface area (Å²) in [5.74, 6) is -0.200. The fourth-order valence-electron chi connectivity index (χ4n) is 2.13. The maximum Gasteiger partial charge on any atom is 0.333 e. The van der Waals surface area contributed by atoms with Crippen LogP contribution < -0.4 is 0 Å². The van der Waals surface area contributed by atoms with Crippen LogP contribution in [0.2, 0.25) is 0 Å². The van der Waals surface area contributed by atoms with Crippen LogP contribution in [0.15, 0.2) is 28.5 Å². The minimum atomic E-state index is -0.200. The van der Waals surface area contributed by atoms with Gasteiger partial charge in [0.1, 0.15) is 0 Å². The highest BCUT2D eigenvalue weighted by Crippen LogP contribution is 2.28. The van der Waals surface area contributed by atoms with Crippen molar-refractivity contribution in [2.75, 3.05) is 13.7 Å². The molecule has 0 spiro atoms. The van der Waals surface area contributed by atoms with Crippen molar-refractivity contribution in [3.63, 3.8) is 0 Å². The van der Waals surface area contributed by atoms with Crippen molar-refractivity contribution < 1.29 is 9.53 Å². The highest BCUT2D eigenvalue weighted by molar-refractivity contribution is 7.07. The molecule has 1 heterocycles. The first-order valence-corrected chi connectivity index (χ1v) is 7.71. The number of carbonyl (C=O) groups is 1. The monoisotopic (exact) mass is 279 g/mol. The van der Waals surface area contributed by atoms with E-state index in [4.69, 9.17) is 4.74 Å².